The van der Waals surface area contributed by atoms with Crippen molar-refractivity contribution in [2.24, 2.45) is 0 Å². The van der Waals surface area contributed by atoms with E-state index in [0.29, 0.717) is 26.0 Å². The van der Waals surface area contributed by atoms with Crippen LogP contribution in [0.3, 0.4) is 0 Å². The number of carbonyl (C=O) groups excluding carboxylic acids is 2. The molecule has 18 heavy (non-hydrogen) atoms. The third-order valence-corrected chi connectivity index (χ3v) is 2.94. The van der Waals surface area contributed by atoms with Crippen LogP contribution >= 0.6 is 11.3 Å². The lowest BCUT2D eigenvalue weighted by Crippen LogP contribution is -2.22. The minimum atomic E-state index is -0.221. The Labute approximate surface area is 111 Å². The first kappa shape index (κ1) is 14.4. The first-order valence-corrected chi connectivity index (χ1v) is 6.75. The average molecular weight is 267 g/mol. The first-order chi connectivity index (χ1) is 8.72. The molecule has 0 saturated heterocycles. The van der Waals surface area contributed by atoms with Gasteiger partial charge in [0, 0.05) is 23.9 Å². The predicted molar refractivity (Wildman–Crippen MR) is 72.2 cm³/mol. The molecule has 0 radical (unpaired) electrons. The fourth-order valence-electron chi connectivity index (χ4n) is 1.28. The molecule has 0 aliphatic rings. The smallest absolute Gasteiger partial charge is 0.305 e. The van der Waals surface area contributed by atoms with Crippen LogP contribution in [-0.4, -0.2) is 25.0 Å². The molecule has 0 fully saturated rings. The van der Waals surface area contributed by atoms with E-state index in [1.54, 1.807) is 24.3 Å². The van der Waals surface area contributed by atoms with Crippen molar-refractivity contribution in [1.29, 1.82) is 0 Å². The Bertz CT molecular complexity index is 398. The SMILES string of the molecule is CCOC(=O)CCCNC(=O)C=Cc1cccs1. The maximum atomic E-state index is 11.4. The highest BCUT2D eigenvalue weighted by Crippen LogP contribution is 2.09. The van der Waals surface area contributed by atoms with Crippen LogP contribution in [0.5, 0.6) is 0 Å². The number of rotatable bonds is 7. The van der Waals surface area contributed by atoms with Gasteiger partial charge in [-0.05, 0) is 30.9 Å². The van der Waals surface area contributed by atoms with Gasteiger partial charge in [-0.15, -0.1) is 11.3 Å². The van der Waals surface area contributed by atoms with Crippen molar-refractivity contribution in [3.63, 3.8) is 0 Å². The molecule has 4 nitrogen and oxygen atoms in total. The summed E-state index contributed by atoms with van der Waals surface area (Å²) >= 11 is 1.57. The number of amides is 1. The molecule has 1 aromatic heterocycles. The maximum absolute atomic E-state index is 11.4. The normalized spacial score (nSPS) is 10.5. The lowest BCUT2D eigenvalue weighted by molar-refractivity contribution is -0.143. The summed E-state index contributed by atoms with van der Waals surface area (Å²) in [5.41, 5.74) is 0. The predicted octanol–water partition coefficient (Wildman–Crippen LogP) is 2.22. The van der Waals surface area contributed by atoms with Crippen molar-refractivity contribution in [3.8, 4) is 0 Å². The molecular weight excluding hydrogens is 250 g/mol. The molecule has 1 amide bonds. The zero-order valence-corrected chi connectivity index (χ0v) is 11.2. The largest absolute Gasteiger partial charge is 0.466 e. The van der Waals surface area contributed by atoms with E-state index >= 15 is 0 Å². The van der Waals surface area contributed by atoms with Gasteiger partial charge in [0.2, 0.25) is 5.91 Å². The van der Waals surface area contributed by atoms with Crippen LogP contribution in [0.15, 0.2) is 23.6 Å². The van der Waals surface area contributed by atoms with Crippen molar-refractivity contribution in [2.75, 3.05) is 13.2 Å². The maximum Gasteiger partial charge on any atom is 0.305 e. The molecule has 1 N–H and O–H groups in total. The second-order valence-corrected chi connectivity index (χ2v) is 4.53. The van der Waals surface area contributed by atoms with E-state index in [0.717, 1.165) is 4.88 Å². The molecule has 0 saturated carbocycles. The lowest BCUT2D eigenvalue weighted by atomic mass is 10.3. The Morgan fingerprint density at radius 1 is 1.50 bits per heavy atom. The molecule has 0 atom stereocenters. The summed E-state index contributed by atoms with van der Waals surface area (Å²) in [6, 6.07) is 3.87. The van der Waals surface area contributed by atoms with Crippen LogP contribution in [0.1, 0.15) is 24.6 Å². The molecule has 0 spiro atoms. The van der Waals surface area contributed by atoms with Crippen LogP contribution in [-0.2, 0) is 14.3 Å². The summed E-state index contributed by atoms with van der Waals surface area (Å²) in [6.45, 7) is 2.65. The second-order valence-electron chi connectivity index (χ2n) is 3.55. The van der Waals surface area contributed by atoms with E-state index in [2.05, 4.69) is 5.32 Å². The van der Waals surface area contributed by atoms with Gasteiger partial charge >= 0.3 is 5.97 Å². The number of thiophene rings is 1. The fourth-order valence-corrected chi connectivity index (χ4v) is 1.90. The number of nitrogens with one attached hydrogen (secondary N) is 1. The minimum absolute atomic E-state index is 0.146. The topological polar surface area (TPSA) is 55.4 Å². The third kappa shape index (κ3) is 6.20. The summed E-state index contributed by atoms with van der Waals surface area (Å²) < 4.78 is 4.78. The van der Waals surface area contributed by atoms with Crippen molar-refractivity contribution in [1.82, 2.24) is 5.32 Å². The van der Waals surface area contributed by atoms with Gasteiger partial charge in [-0.25, -0.2) is 0 Å². The number of esters is 1. The molecule has 0 aromatic carbocycles. The Hall–Kier alpha value is -1.62. The Morgan fingerprint density at radius 2 is 2.33 bits per heavy atom. The highest BCUT2D eigenvalue weighted by atomic mass is 32.1. The molecular formula is C13H17NO3S. The highest BCUT2D eigenvalue weighted by Gasteiger charge is 2.01. The summed E-state index contributed by atoms with van der Waals surface area (Å²) in [5, 5.41) is 4.67. The van der Waals surface area contributed by atoms with E-state index in [4.69, 9.17) is 4.74 Å². The lowest BCUT2D eigenvalue weighted by Gasteiger charge is -2.02. The van der Waals surface area contributed by atoms with Gasteiger partial charge in [0.1, 0.15) is 0 Å². The zero-order chi connectivity index (χ0) is 13.2. The van der Waals surface area contributed by atoms with Gasteiger partial charge in [-0.2, -0.15) is 0 Å². The Balaban J connectivity index is 2.12. The summed E-state index contributed by atoms with van der Waals surface area (Å²) in [5.74, 6) is -0.367. The Morgan fingerprint density at radius 3 is 3.00 bits per heavy atom. The number of carbonyl (C=O) groups is 2. The van der Waals surface area contributed by atoms with Crippen LogP contribution in [0.25, 0.3) is 6.08 Å². The van der Waals surface area contributed by atoms with E-state index < -0.39 is 0 Å². The monoisotopic (exact) mass is 267 g/mol. The van der Waals surface area contributed by atoms with Crippen LogP contribution in [0.4, 0.5) is 0 Å². The standard InChI is InChI=1S/C13H17NO3S/c1-2-17-13(16)6-3-9-14-12(15)8-7-11-5-4-10-18-11/h4-5,7-8,10H,2-3,6,9H2,1H3,(H,14,15). The molecule has 0 aliphatic heterocycles. The summed E-state index contributed by atoms with van der Waals surface area (Å²) in [6.07, 6.45) is 4.20. The van der Waals surface area contributed by atoms with Crippen LogP contribution in [0, 0.1) is 0 Å². The van der Waals surface area contributed by atoms with Gasteiger partial charge in [0.15, 0.2) is 0 Å². The average Bonchev–Trinajstić information content (AvgIpc) is 2.85. The summed E-state index contributed by atoms with van der Waals surface area (Å²) in [4.78, 5) is 23.5. The van der Waals surface area contributed by atoms with Gasteiger partial charge in [-0.3, -0.25) is 9.59 Å². The first-order valence-electron chi connectivity index (χ1n) is 5.87. The molecule has 0 aliphatic carbocycles. The number of ether oxygens (including phenoxy) is 1. The van der Waals surface area contributed by atoms with Crippen molar-refractivity contribution in [3.05, 3.63) is 28.5 Å². The fraction of sp³-hybridized carbons (Fsp3) is 0.385. The molecule has 5 heteroatoms. The molecule has 1 heterocycles. The zero-order valence-electron chi connectivity index (χ0n) is 10.3. The van der Waals surface area contributed by atoms with Crippen molar-refractivity contribution in [2.45, 2.75) is 19.8 Å². The molecule has 1 aromatic rings. The molecule has 0 unspecified atom stereocenters. The number of hydrogen-bond acceptors (Lipinski definition) is 4. The minimum Gasteiger partial charge on any atom is -0.466 e. The van der Waals surface area contributed by atoms with Gasteiger partial charge in [0.25, 0.3) is 0 Å². The van der Waals surface area contributed by atoms with Crippen molar-refractivity contribution >= 4 is 29.3 Å². The van der Waals surface area contributed by atoms with Gasteiger partial charge in [0.05, 0.1) is 6.61 Å². The van der Waals surface area contributed by atoms with Crippen LogP contribution < -0.4 is 5.32 Å². The van der Waals surface area contributed by atoms with Gasteiger partial charge < -0.3 is 10.1 Å². The quantitative estimate of drug-likeness (QED) is 0.468. The van der Waals surface area contributed by atoms with Gasteiger partial charge in [-0.1, -0.05) is 6.07 Å². The third-order valence-electron chi connectivity index (χ3n) is 2.10. The van der Waals surface area contributed by atoms with E-state index in [-0.39, 0.29) is 11.9 Å². The Kier molecular flexibility index (Phi) is 6.79. The highest BCUT2D eigenvalue weighted by molar-refractivity contribution is 7.10. The second kappa shape index (κ2) is 8.47. The molecule has 1 rings (SSSR count). The summed E-state index contributed by atoms with van der Waals surface area (Å²) in [7, 11) is 0. The molecule has 0 bridgehead atoms. The van der Waals surface area contributed by atoms with E-state index in [9.17, 15) is 9.59 Å². The molecule has 98 valence electrons. The van der Waals surface area contributed by atoms with Crippen LogP contribution in [0.2, 0.25) is 0 Å². The van der Waals surface area contributed by atoms with Crippen molar-refractivity contribution < 1.29 is 14.3 Å². The number of hydrogen-bond donors (Lipinski definition) is 1. The van der Waals surface area contributed by atoms with E-state index in [1.165, 1.54) is 6.08 Å². The van der Waals surface area contributed by atoms with E-state index in [1.807, 2.05) is 17.5 Å².